The number of nitro benzene ring substituents is 1. The predicted octanol–water partition coefficient (Wildman–Crippen LogP) is 2.89. The number of amides is 1. The zero-order chi connectivity index (χ0) is 22.5. The van der Waals surface area contributed by atoms with Gasteiger partial charge in [-0.3, -0.25) is 19.8 Å². The van der Waals surface area contributed by atoms with Gasteiger partial charge in [0.1, 0.15) is 0 Å². The molecule has 9 heteroatoms. The number of rotatable bonds is 7. The van der Waals surface area contributed by atoms with Gasteiger partial charge in [0, 0.05) is 62.5 Å². The number of carbonyl (C=O) groups excluding carboxylic acids is 1. The number of nitrogens with one attached hydrogen (secondary N) is 1. The molecule has 0 unspecified atom stereocenters. The Labute approximate surface area is 185 Å². The van der Waals surface area contributed by atoms with Crippen LogP contribution in [0.25, 0.3) is 22.8 Å². The number of oxazole rings is 1. The maximum atomic E-state index is 13.0. The van der Waals surface area contributed by atoms with Crippen LogP contribution in [0.15, 0.2) is 59.0 Å². The molecule has 1 fully saturated rings. The predicted molar refractivity (Wildman–Crippen MR) is 120 cm³/mol. The second kappa shape index (κ2) is 9.71. The Morgan fingerprint density at radius 3 is 2.41 bits per heavy atom. The van der Waals surface area contributed by atoms with E-state index in [9.17, 15) is 14.9 Å². The summed E-state index contributed by atoms with van der Waals surface area (Å²) in [5.74, 6) is 0.300. The van der Waals surface area contributed by atoms with E-state index >= 15 is 0 Å². The summed E-state index contributed by atoms with van der Waals surface area (Å²) in [6, 6.07) is 15.2. The third-order valence-electron chi connectivity index (χ3n) is 5.51. The van der Waals surface area contributed by atoms with E-state index < -0.39 is 4.92 Å². The largest absolute Gasteiger partial charge is 0.435 e. The molecule has 0 aliphatic carbocycles. The summed E-state index contributed by atoms with van der Waals surface area (Å²) in [4.78, 5) is 32.5. The lowest BCUT2D eigenvalue weighted by atomic mass is 10.1. The maximum Gasteiger partial charge on any atom is 0.273 e. The fourth-order valence-corrected chi connectivity index (χ4v) is 3.59. The van der Waals surface area contributed by atoms with Gasteiger partial charge in [-0.2, -0.15) is 0 Å². The number of nitro groups is 1. The Morgan fingerprint density at radius 1 is 1.06 bits per heavy atom. The summed E-state index contributed by atoms with van der Waals surface area (Å²) >= 11 is 0. The smallest absolute Gasteiger partial charge is 0.273 e. The number of benzene rings is 2. The van der Waals surface area contributed by atoms with E-state index in [1.165, 1.54) is 12.1 Å². The Hall–Kier alpha value is -3.56. The first kappa shape index (κ1) is 21.7. The molecule has 4 rings (SSSR count). The summed E-state index contributed by atoms with van der Waals surface area (Å²) in [5, 5.41) is 13.9. The molecule has 1 saturated heterocycles. The first-order valence-electron chi connectivity index (χ1n) is 10.5. The number of hydrogen-bond donors (Lipinski definition) is 1. The highest BCUT2D eigenvalue weighted by Crippen LogP contribution is 2.30. The highest BCUT2D eigenvalue weighted by Gasteiger charge is 2.23. The fourth-order valence-electron chi connectivity index (χ4n) is 3.59. The number of piperazine rings is 1. The average molecular weight is 435 g/mol. The third kappa shape index (κ3) is 5.01. The lowest BCUT2D eigenvalue weighted by Gasteiger charge is -2.32. The quantitative estimate of drug-likeness (QED) is 0.449. The van der Waals surface area contributed by atoms with Gasteiger partial charge in [-0.15, -0.1) is 0 Å². The average Bonchev–Trinajstić information content (AvgIpc) is 3.27. The van der Waals surface area contributed by atoms with Crippen LogP contribution in [-0.2, 0) is 0 Å². The molecule has 0 atom stereocenters. The van der Waals surface area contributed by atoms with Gasteiger partial charge in [-0.1, -0.05) is 30.3 Å². The SMILES string of the molecule is CN1CCN(CCNC(=O)c2nc(-c3ccc([N+](=O)[O-])cc3)oc2-c2ccccc2)CC1. The van der Waals surface area contributed by atoms with E-state index in [1.807, 2.05) is 30.3 Å². The molecular weight excluding hydrogens is 410 g/mol. The van der Waals surface area contributed by atoms with Gasteiger partial charge >= 0.3 is 0 Å². The molecule has 2 heterocycles. The lowest BCUT2D eigenvalue weighted by Crippen LogP contribution is -2.46. The van der Waals surface area contributed by atoms with Crippen molar-refractivity contribution in [3.63, 3.8) is 0 Å². The zero-order valence-corrected chi connectivity index (χ0v) is 17.9. The van der Waals surface area contributed by atoms with Crippen LogP contribution in [0, 0.1) is 10.1 Å². The molecule has 0 bridgehead atoms. The van der Waals surface area contributed by atoms with E-state index in [4.69, 9.17) is 4.42 Å². The number of non-ortho nitro benzene ring substituents is 1. The summed E-state index contributed by atoms with van der Waals surface area (Å²) < 4.78 is 5.96. The fraction of sp³-hybridized carbons (Fsp3) is 0.304. The third-order valence-corrected chi connectivity index (χ3v) is 5.51. The molecule has 1 N–H and O–H groups in total. The Morgan fingerprint density at radius 2 is 1.75 bits per heavy atom. The van der Waals surface area contributed by atoms with Crippen molar-refractivity contribution < 1.29 is 14.1 Å². The van der Waals surface area contributed by atoms with Crippen molar-refractivity contribution in [2.45, 2.75) is 0 Å². The molecule has 32 heavy (non-hydrogen) atoms. The molecular formula is C23H25N5O4. The lowest BCUT2D eigenvalue weighted by molar-refractivity contribution is -0.384. The van der Waals surface area contributed by atoms with E-state index in [-0.39, 0.29) is 23.2 Å². The molecule has 3 aromatic rings. The van der Waals surface area contributed by atoms with E-state index in [0.29, 0.717) is 17.9 Å². The van der Waals surface area contributed by atoms with Crippen molar-refractivity contribution in [2.24, 2.45) is 0 Å². The first-order chi connectivity index (χ1) is 15.5. The van der Waals surface area contributed by atoms with Gasteiger partial charge in [0.2, 0.25) is 5.89 Å². The highest BCUT2D eigenvalue weighted by atomic mass is 16.6. The normalized spacial score (nSPS) is 14.9. The van der Waals surface area contributed by atoms with Crippen LogP contribution in [0.4, 0.5) is 5.69 Å². The van der Waals surface area contributed by atoms with Crippen molar-refractivity contribution in [3.05, 3.63) is 70.4 Å². The summed E-state index contributed by atoms with van der Waals surface area (Å²) in [7, 11) is 2.11. The molecule has 0 radical (unpaired) electrons. The van der Waals surface area contributed by atoms with Gasteiger partial charge in [0.05, 0.1) is 4.92 Å². The molecule has 1 aromatic heterocycles. The van der Waals surface area contributed by atoms with Crippen LogP contribution in [0.1, 0.15) is 10.5 Å². The van der Waals surface area contributed by atoms with Crippen LogP contribution < -0.4 is 5.32 Å². The topological polar surface area (TPSA) is 105 Å². The molecule has 1 aliphatic rings. The van der Waals surface area contributed by atoms with Crippen LogP contribution in [0.2, 0.25) is 0 Å². The zero-order valence-electron chi connectivity index (χ0n) is 17.9. The number of carbonyl (C=O) groups is 1. The first-order valence-corrected chi connectivity index (χ1v) is 10.5. The van der Waals surface area contributed by atoms with Gasteiger partial charge in [0.25, 0.3) is 11.6 Å². The number of aromatic nitrogens is 1. The Bertz CT molecular complexity index is 1070. The monoisotopic (exact) mass is 435 g/mol. The standard InChI is InChI=1S/C23H25N5O4/c1-26-13-15-27(16-14-26)12-11-24-22(29)20-21(17-5-3-2-4-6-17)32-23(25-20)18-7-9-19(10-8-18)28(30)31/h2-10H,11-16H2,1H3,(H,24,29). The van der Waals surface area contributed by atoms with Gasteiger partial charge in [-0.25, -0.2) is 4.98 Å². The van der Waals surface area contributed by atoms with Crippen molar-refractivity contribution in [1.82, 2.24) is 20.1 Å². The minimum atomic E-state index is -0.464. The number of hydrogen-bond acceptors (Lipinski definition) is 7. The minimum Gasteiger partial charge on any atom is -0.435 e. The highest BCUT2D eigenvalue weighted by molar-refractivity contribution is 5.98. The van der Waals surface area contributed by atoms with Gasteiger partial charge in [0.15, 0.2) is 11.5 Å². The van der Waals surface area contributed by atoms with Crippen LogP contribution in [-0.4, -0.2) is 71.9 Å². The van der Waals surface area contributed by atoms with Gasteiger partial charge < -0.3 is 14.6 Å². The maximum absolute atomic E-state index is 13.0. The molecule has 2 aromatic carbocycles. The summed E-state index contributed by atoms with van der Waals surface area (Å²) in [6.45, 7) is 5.29. The number of likely N-dealkylation sites (N-methyl/N-ethyl adjacent to an activating group) is 1. The van der Waals surface area contributed by atoms with Crippen molar-refractivity contribution >= 4 is 11.6 Å². The number of nitrogens with zero attached hydrogens (tertiary/aromatic N) is 4. The molecule has 1 amide bonds. The Balaban J connectivity index is 1.53. The van der Waals surface area contributed by atoms with Crippen LogP contribution >= 0.6 is 0 Å². The molecule has 9 nitrogen and oxygen atoms in total. The molecule has 0 spiro atoms. The van der Waals surface area contributed by atoms with Crippen LogP contribution in [0.3, 0.4) is 0 Å². The Kier molecular flexibility index (Phi) is 6.58. The van der Waals surface area contributed by atoms with E-state index in [0.717, 1.165) is 38.3 Å². The van der Waals surface area contributed by atoms with Crippen molar-refractivity contribution in [2.75, 3.05) is 46.3 Å². The van der Waals surface area contributed by atoms with Crippen molar-refractivity contribution in [1.29, 1.82) is 0 Å². The molecule has 0 saturated carbocycles. The summed E-state index contributed by atoms with van der Waals surface area (Å²) in [5.41, 5.74) is 1.47. The van der Waals surface area contributed by atoms with Gasteiger partial charge in [-0.05, 0) is 19.2 Å². The summed E-state index contributed by atoms with van der Waals surface area (Å²) in [6.07, 6.45) is 0. The van der Waals surface area contributed by atoms with E-state index in [2.05, 4.69) is 27.1 Å². The molecule has 166 valence electrons. The molecule has 1 aliphatic heterocycles. The second-order valence-corrected chi connectivity index (χ2v) is 7.77. The van der Waals surface area contributed by atoms with Crippen LogP contribution in [0.5, 0.6) is 0 Å². The van der Waals surface area contributed by atoms with Crippen molar-refractivity contribution in [3.8, 4) is 22.8 Å². The second-order valence-electron chi connectivity index (χ2n) is 7.77. The minimum absolute atomic E-state index is 0.0227. The van der Waals surface area contributed by atoms with E-state index in [1.54, 1.807) is 12.1 Å².